The Labute approximate surface area is 220 Å². The van der Waals surface area contributed by atoms with E-state index in [1.807, 2.05) is 45.0 Å². The van der Waals surface area contributed by atoms with Gasteiger partial charge in [0.25, 0.3) is 0 Å². The first-order valence-electron chi connectivity index (χ1n) is 11.7. The number of aromatic nitrogens is 1. The number of carbonyl (C=O) groups is 1. The Morgan fingerprint density at radius 1 is 1.22 bits per heavy atom. The van der Waals surface area contributed by atoms with E-state index in [2.05, 4.69) is 10.3 Å². The van der Waals surface area contributed by atoms with Crippen LogP contribution in [0.4, 0.5) is 0 Å². The highest BCUT2D eigenvalue weighted by Gasteiger charge is 2.30. The van der Waals surface area contributed by atoms with Gasteiger partial charge in [0.05, 0.1) is 35.4 Å². The minimum atomic E-state index is -0.511. The van der Waals surface area contributed by atoms with Crippen LogP contribution < -0.4 is 4.74 Å². The topological polar surface area (TPSA) is 99.3 Å². The minimum Gasteiger partial charge on any atom is -0.569 e. The van der Waals surface area contributed by atoms with Gasteiger partial charge >= 0.3 is 5.97 Å². The summed E-state index contributed by atoms with van der Waals surface area (Å²) in [4.78, 5) is 22.9. The van der Waals surface area contributed by atoms with Crippen LogP contribution in [-0.4, -0.2) is 33.5 Å². The Morgan fingerprint density at radius 2 is 1.89 bits per heavy atom. The summed E-state index contributed by atoms with van der Waals surface area (Å²) in [5, 5.41) is 17.6. The van der Waals surface area contributed by atoms with Crippen LogP contribution in [0.25, 0.3) is 0 Å². The number of aryl methyl sites for hydroxylation is 1. The smallest absolute Gasteiger partial charge is 0.343 e. The molecule has 0 unspecified atom stereocenters. The lowest BCUT2D eigenvalue weighted by Crippen LogP contribution is -2.42. The molecule has 1 aromatic heterocycles. The number of fused-ring (bicyclic) bond motifs is 1. The molecule has 0 N–H and O–H groups in total. The van der Waals surface area contributed by atoms with Gasteiger partial charge in [-0.3, -0.25) is 4.98 Å². The highest BCUT2D eigenvalue weighted by Crippen LogP contribution is 2.41. The first kappa shape index (κ1) is 26.4. The molecular formula is C27H29ClN4O5. The summed E-state index contributed by atoms with van der Waals surface area (Å²) < 4.78 is 11.8. The fourth-order valence-corrected chi connectivity index (χ4v) is 3.81. The van der Waals surface area contributed by atoms with Gasteiger partial charge in [0, 0.05) is 22.3 Å². The maximum absolute atomic E-state index is 12.9. The number of nitrogens with zero attached hydrogens (tertiary/aromatic N) is 4. The number of hydrazine groups is 1. The van der Waals surface area contributed by atoms with Crippen molar-refractivity contribution < 1.29 is 24.1 Å². The molecule has 1 aliphatic rings. The lowest BCUT2D eigenvalue weighted by molar-refractivity contribution is -0.720. The van der Waals surface area contributed by atoms with Crippen molar-refractivity contribution in [2.75, 3.05) is 7.05 Å². The predicted molar refractivity (Wildman–Crippen MR) is 137 cm³/mol. The summed E-state index contributed by atoms with van der Waals surface area (Å²) in [5.74, 6) is -0.105. The molecule has 1 aliphatic heterocycles. The Morgan fingerprint density at radius 3 is 2.54 bits per heavy atom. The van der Waals surface area contributed by atoms with Crippen molar-refractivity contribution in [1.82, 2.24) is 9.99 Å². The van der Waals surface area contributed by atoms with Crippen molar-refractivity contribution in [2.45, 2.75) is 52.6 Å². The highest BCUT2D eigenvalue weighted by atomic mass is 35.5. The molecule has 2 aromatic carbocycles. The van der Waals surface area contributed by atoms with E-state index in [1.165, 1.54) is 5.01 Å². The third-order valence-corrected chi connectivity index (χ3v) is 6.42. The summed E-state index contributed by atoms with van der Waals surface area (Å²) in [6.07, 6.45) is 1.45. The fraction of sp³-hybridized carbons (Fsp3) is 0.333. The normalized spacial score (nSPS) is 15.3. The Balaban J connectivity index is 1.43. The molecule has 194 valence electrons. The summed E-state index contributed by atoms with van der Waals surface area (Å²) in [5.41, 5.74) is 3.91. The Bertz CT molecular complexity index is 1300. The molecule has 0 saturated carbocycles. The molecule has 1 atom stereocenters. The SMILES string of the molecule is Cc1ncc2c(c1OC(=O)c1ccc(CO/N=[N+](/[O-])N(C)C(C)(C)C)cc1)CO[C@H]2c1ccc(Cl)cc1. The van der Waals surface area contributed by atoms with Gasteiger partial charge in [0.2, 0.25) is 5.28 Å². The lowest BCUT2D eigenvalue weighted by Gasteiger charge is -2.26. The van der Waals surface area contributed by atoms with Crippen LogP contribution in [0.1, 0.15) is 65.2 Å². The van der Waals surface area contributed by atoms with Gasteiger partial charge in [-0.25, -0.2) is 4.79 Å². The van der Waals surface area contributed by atoms with E-state index in [0.29, 0.717) is 33.6 Å². The summed E-state index contributed by atoms with van der Waals surface area (Å²) in [6, 6.07) is 14.1. The van der Waals surface area contributed by atoms with Crippen molar-refractivity contribution in [3.8, 4) is 5.75 Å². The molecule has 3 aromatic rings. The number of carbonyl (C=O) groups excluding carboxylic acids is 1. The zero-order valence-electron chi connectivity index (χ0n) is 21.4. The van der Waals surface area contributed by atoms with Crippen molar-refractivity contribution in [3.63, 3.8) is 0 Å². The van der Waals surface area contributed by atoms with E-state index in [1.54, 1.807) is 44.4 Å². The minimum absolute atomic E-state index is 0.0741. The number of rotatable bonds is 7. The maximum Gasteiger partial charge on any atom is 0.343 e. The first-order valence-corrected chi connectivity index (χ1v) is 12.1. The van der Waals surface area contributed by atoms with Gasteiger partial charge in [-0.15, -0.1) is 5.01 Å². The van der Waals surface area contributed by atoms with Crippen molar-refractivity contribution in [2.24, 2.45) is 5.28 Å². The van der Waals surface area contributed by atoms with Crippen LogP contribution >= 0.6 is 11.6 Å². The molecule has 37 heavy (non-hydrogen) atoms. The van der Waals surface area contributed by atoms with E-state index in [4.69, 9.17) is 25.9 Å². The van der Waals surface area contributed by atoms with Crippen LogP contribution in [0.5, 0.6) is 5.75 Å². The predicted octanol–water partition coefficient (Wildman–Crippen LogP) is 5.92. The number of halogens is 1. The second-order valence-electron chi connectivity index (χ2n) is 9.74. The van der Waals surface area contributed by atoms with Gasteiger partial charge in [0.1, 0.15) is 12.7 Å². The quantitative estimate of drug-likeness (QED) is 0.164. The fourth-order valence-electron chi connectivity index (χ4n) is 3.69. The third-order valence-electron chi connectivity index (χ3n) is 6.17. The second kappa shape index (κ2) is 10.7. The summed E-state index contributed by atoms with van der Waals surface area (Å²) in [6.45, 7) is 7.82. The van der Waals surface area contributed by atoms with Crippen molar-refractivity contribution in [1.29, 1.82) is 0 Å². The molecule has 0 spiro atoms. The first-order chi connectivity index (χ1) is 17.5. The van der Waals surface area contributed by atoms with Gasteiger partial charge in [-0.05, 0) is 63.1 Å². The molecule has 0 amide bonds. The molecule has 0 fully saturated rings. The molecule has 0 aliphatic carbocycles. The number of hydrogen-bond donors (Lipinski definition) is 0. The van der Waals surface area contributed by atoms with E-state index in [9.17, 15) is 10.0 Å². The number of esters is 1. The van der Waals surface area contributed by atoms with Gasteiger partial charge < -0.3 is 19.5 Å². The Hall–Kier alpha value is -3.69. The van der Waals surface area contributed by atoms with Crippen molar-refractivity contribution >= 4 is 17.6 Å². The molecular weight excluding hydrogens is 496 g/mol. The monoisotopic (exact) mass is 524 g/mol. The van der Waals surface area contributed by atoms with E-state index in [-0.39, 0.29) is 12.7 Å². The summed E-state index contributed by atoms with van der Waals surface area (Å²) in [7, 11) is 1.63. The van der Waals surface area contributed by atoms with Crippen LogP contribution in [0.2, 0.25) is 5.02 Å². The number of benzene rings is 2. The number of hydrogen-bond acceptors (Lipinski definition) is 7. The average Bonchev–Trinajstić information content (AvgIpc) is 3.29. The van der Waals surface area contributed by atoms with Crippen LogP contribution in [0, 0.1) is 12.1 Å². The van der Waals surface area contributed by atoms with Gasteiger partial charge in [-0.1, -0.05) is 35.9 Å². The van der Waals surface area contributed by atoms with Gasteiger partial charge in [0.15, 0.2) is 5.75 Å². The molecule has 10 heteroatoms. The van der Waals surface area contributed by atoms with Crippen molar-refractivity contribution in [3.05, 3.63) is 98.5 Å². The van der Waals surface area contributed by atoms with Gasteiger partial charge in [-0.2, -0.15) is 0 Å². The highest BCUT2D eigenvalue weighted by molar-refractivity contribution is 6.30. The van der Waals surface area contributed by atoms with Crippen LogP contribution in [0.15, 0.2) is 60.0 Å². The maximum atomic E-state index is 12.9. The molecule has 2 heterocycles. The average molecular weight is 525 g/mol. The van der Waals surface area contributed by atoms with Crippen LogP contribution in [-0.2, 0) is 22.8 Å². The molecule has 0 bridgehead atoms. The van der Waals surface area contributed by atoms with E-state index in [0.717, 1.165) is 22.3 Å². The van der Waals surface area contributed by atoms with E-state index >= 15 is 0 Å². The van der Waals surface area contributed by atoms with E-state index < -0.39 is 11.5 Å². The molecule has 0 saturated heterocycles. The van der Waals surface area contributed by atoms with Crippen LogP contribution in [0.3, 0.4) is 0 Å². The molecule has 0 radical (unpaired) electrons. The number of pyridine rings is 1. The zero-order chi connectivity index (χ0) is 26.7. The number of ether oxygens (including phenoxy) is 2. The molecule has 9 nitrogen and oxygen atoms in total. The third kappa shape index (κ3) is 6.00. The lowest BCUT2D eigenvalue weighted by atomic mass is 10.0. The standard InChI is InChI=1S/C27H29ClN4O5/c1-17-24(23-16-35-25(22(23)14-29-17)19-10-12-21(28)13-11-19)37-26(33)20-8-6-18(7-9-20)15-36-30-32(34)31(5)27(2,3)4/h6-14,25H,15-16H2,1-5H3/b32-30+/t25-/m0/s1. The Kier molecular flexibility index (Phi) is 7.65. The second-order valence-corrected chi connectivity index (χ2v) is 10.2. The largest absolute Gasteiger partial charge is 0.569 e. The molecule has 4 rings (SSSR count). The zero-order valence-corrected chi connectivity index (χ0v) is 22.2. The summed E-state index contributed by atoms with van der Waals surface area (Å²) >= 11 is 6.01.